The zero-order chi connectivity index (χ0) is 11.5. The minimum absolute atomic E-state index is 0.108. The van der Waals surface area contributed by atoms with Crippen LogP contribution in [-0.4, -0.2) is 17.4 Å². The molecule has 1 aliphatic heterocycles. The summed E-state index contributed by atoms with van der Waals surface area (Å²) in [5.74, 6) is 0.108. The topological polar surface area (TPSA) is 20.3 Å². The van der Waals surface area contributed by atoms with Crippen LogP contribution in [0.2, 0.25) is 0 Å². The number of hydrogen-bond donors (Lipinski definition) is 0. The lowest BCUT2D eigenvalue weighted by Crippen LogP contribution is -2.36. The Kier molecular flexibility index (Phi) is 3.09. The Morgan fingerprint density at radius 2 is 2.06 bits per heavy atom. The second-order valence-corrected chi connectivity index (χ2v) is 4.20. The van der Waals surface area contributed by atoms with E-state index in [-0.39, 0.29) is 5.91 Å². The Hall–Kier alpha value is -1.57. The van der Waals surface area contributed by atoms with Crippen LogP contribution >= 0.6 is 0 Å². The van der Waals surface area contributed by atoms with Crippen LogP contribution in [0.5, 0.6) is 0 Å². The van der Waals surface area contributed by atoms with Crippen LogP contribution in [0.15, 0.2) is 36.4 Å². The molecule has 0 bridgehead atoms. The van der Waals surface area contributed by atoms with E-state index >= 15 is 0 Å². The fourth-order valence-corrected chi connectivity index (χ4v) is 2.04. The predicted octanol–water partition coefficient (Wildman–Crippen LogP) is 2.54. The lowest BCUT2D eigenvalue weighted by atomic mass is 9.99. The molecule has 0 aromatic heterocycles. The number of benzene rings is 1. The van der Waals surface area contributed by atoms with Crippen LogP contribution in [0, 0.1) is 0 Å². The monoisotopic (exact) mass is 215 g/mol. The molecule has 1 aromatic carbocycles. The van der Waals surface area contributed by atoms with Crippen LogP contribution in [0.25, 0.3) is 0 Å². The van der Waals surface area contributed by atoms with Gasteiger partial charge in [-0.2, -0.15) is 0 Å². The second kappa shape index (κ2) is 4.52. The zero-order valence-electron chi connectivity index (χ0n) is 9.70. The van der Waals surface area contributed by atoms with E-state index in [1.807, 2.05) is 17.9 Å². The minimum atomic E-state index is 0.108. The van der Waals surface area contributed by atoms with Gasteiger partial charge in [-0.15, -0.1) is 0 Å². The van der Waals surface area contributed by atoms with Crippen LogP contribution < -0.4 is 0 Å². The van der Waals surface area contributed by atoms with Gasteiger partial charge in [-0.3, -0.25) is 4.79 Å². The molecule has 2 rings (SSSR count). The van der Waals surface area contributed by atoms with E-state index in [0.29, 0.717) is 5.57 Å². The van der Waals surface area contributed by atoms with Gasteiger partial charge in [0.1, 0.15) is 0 Å². The number of fused-ring (bicyclic) bond motifs is 1. The number of amides is 1. The quantitative estimate of drug-likeness (QED) is 0.694. The third-order valence-electron chi connectivity index (χ3n) is 3.15. The highest BCUT2D eigenvalue weighted by Gasteiger charge is 2.20. The molecule has 2 nitrogen and oxygen atoms in total. The summed E-state index contributed by atoms with van der Waals surface area (Å²) in [6.07, 6.45) is 1.69. The first-order valence-electron chi connectivity index (χ1n) is 5.76. The van der Waals surface area contributed by atoms with Gasteiger partial charge >= 0.3 is 0 Å². The minimum Gasteiger partial charge on any atom is -0.334 e. The van der Waals surface area contributed by atoms with Crippen molar-refractivity contribution in [2.75, 3.05) is 6.54 Å². The lowest BCUT2D eigenvalue weighted by molar-refractivity contribution is -0.128. The lowest BCUT2D eigenvalue weighted by Gasteiger charge is -2.29. The van der Waals surface area contributed by atoms with Crippen molar-refractivity contribution in [1.82, 2.24) is 4.90 Å². The predicted molar refractivity (Wildman–Crippen MR) is 65.0 cm³/mol. The third kappa shape index (κ3) is 2.01. The van der Waals surface area contributed by atoms with Gasteiger partial charge in [0.05, 0.1) is 0 Å². The Labute approximate surface area is 96.6 Å². The van der Waals surface area contributed by atoms with Crippen molar-refractivity contribution in [1.29, 1.82) is 0 Å². The number of nitrogens with zero attached hydrogens (tertiary/aromatic N) is 1. The first-order chi connectivity index (χ1) is 7.72. The Balaban J connectivity index is 2.14. The molecule has 0 N–H and O–H groups in total. The van der Waals surface area contributed by atoms with Gasteiger partial charge in [0.2, 0.25) is 5.91 Å². The maximum absolute atomic E-state index is 12.0. The summed E-state index contributed by atoms with van der Waals surface area (Å²) in [4.78, 5) is 13.9. The van der Waals surface area contributed by atoms with Crippen molar-refractivity contribution in [2.45, 2.75) is 26.3 Å². The molecule has 0 fully saturated rings. The van der Waals surface area contributed by atoms with Crippen molar-refractivity contribution in [3.05, 3.63) is 47.5 Å². The van der Waals surface area contributed by atoms with Gasteiger partial charge in [0, 0.05) is 18.7 Å². The highest BCUT2D eigenvalue weighted by atomic mass is 16.2. The Morgan fingerprint density at radius 3 is 2.75 bits per heavy atom. The maximum atomic E-state index is 12.0. The molecule has 0 unspecified atom stereocenters. The fourth-order valence-electron chi connectivity index (χ4n) is 2.04. The van der Waals surface area contributed by atoms with Crippen molar-refractivity contribution in [3.63, 3.8) is 0 Å². The Morgan fingerprint density at radius 1 is 1.38 bits per heavy atom. The standard InChI is InChI=1S/C14H17NO/c1-3-11(2)14(16)15-9-8-12-6-4-5-7-13(12)10-15/h4-7H,2-3,8-10H2,1H3. The fraction of sp³-hybridized carbons (Fsp3) is 0.357. The first-order valence-corrected chi connectivity index (χ1v) is 5.76. The summed E-state index contributed by atoms with van der Waals surface area (Å²) in [6.45, 7) is 7.33. The summed E-state index contributed by atoms with van der Waals surface area (Å²) in [5, 5.41) is 0. The zero-order valence-corrected chi connectivity index (χ0v) is 9.70. The first kappa shape index (κ1) is 10.9. The van der Waals surface area contributed by atoms with Gasteiger partial charge in [-0.25, -0.2) is 0 Å². The normalized spacial score (nSPS) is 14.4. The summed E-state index contributed by atoms with van der Waals surface area (Å²) >= 11 is 0. The molecule has 1 amide bonds. The molecular formula is C14H17NO. The number of hydrogen-bond acceptors (Lipinski definition) is 1. The van der Waals surface area contributed by atoms with Gasteiger partial charge in [-0.1, -0.05) is 37.8 Å². The largest absolute Gasteiger partial charge is 0.334 e. The van der Waals surface area contributed by atoms with Gasteiger partial charge < -0.3 is 4.90 Å². The molecular weight excluding hydrogens is 198 g/mol. The molecule has 0 spiro atoms. The van der Waals surface area contributed by atoms with Crippen molar-refractivity contribution in [2.24, 2.45) is 0 Å². The Bertz CT molecular complexity index is 422. The second-order valence-electron chi connectivity index (χ2n) is 4.20. The SMILES string of the molecule is C=C(CC)C(=O)N1CCc2ccccc2C1. The smallest absolute Gasteiger partial charge is 0.249 e. The summed E-state index contributed by atoms with van der Waals surface area (Å²) < 4.78 is 0. The van der Waals surface area contributed by atoms with E-state index in [0.717, 1.165) is 25.9 Å². The third-order valence-corrected chi connectivity index (χ3v) is 3.15. The molecule has 0 aliphatic carbocycles. The summed E-state index contributed by atoms with van der Waals surface area (Å²) in [5.41, 5.74) is 3.35. The summed E-state index contributed by atoms with van der Waals surface area (Å²) in [7, 11) is 0. The van der Waals surface area contributed by atoms with E-state index in [2.05, 4.69) is 24.8 Å². The van der Waals surface area contributed by atoms with Crippen molar-refractivity contribution in [3.8, 4) is 0 Å². The molecule has 0 atom stereocenters. The highest BCUT2D eigenvalue weighted by molar-refractivity contribution is 5.92. The van der Waals surface area contributed by atoms with Crippen LogP contribution in [0.1, 0.15) is 24.5 Å². The van der Waals surface area contributed by atoms with E-state index in [1.54, 1.807) is 0 Å². The molecule has 0 radical (unpaired) electrons. The number of rotatable bonds is 2. The van der Waals surface area contributed by atoms with E-state index in [9.17, 15) is 4.79 Å². The van der Waals surface area contributed by atoms with E-state index in [4.69, 9.17) is 0 Å². The van der Waals surface area contributed by atoms with Crippen LogP contribution in [0.4, 0.5) is 0 Å². The molecule has 0 saturated carbocycles. The molecule has 2 heteroatoms. The van der Waals surface area contributed by atoms with Crippen LogP contribution in [-0.2, 0) is 17.8 Å². The maximum Gasteiger partial charge on any atom is 0.249 e. The van der Waals surface area contributed by atoms with Gasteiger partial charge in [0.25, 0.3) is 0 Å². The summed E-state index contributed by atoms with van der Waals surface area (Å²) in [6, 6.07) is 8.33. The van der Waals surface area contributed by atoms with Crippen molar-refractivity contribution >= 4 is 5.91 Å². The molecule has 16 heavy (non-hydrogen) atoms. The van der Waals surface area contributed by atoms with Gasteiger partial charge in [-0.05, 0) is 24.0 Å². The van der Waals surface area contributed by atoms with Crippen LogP contribution in [0.3, 0.4) is 0 Å². The molecule has 1 aromatic rings. The van der Waals surface area contributed by atoms with Crippen molar-refractivity contribution < 1.29 is 4.79 Å². The van der Waals surface area contributed by atoms with E-state index < -0.39 is 0 Å². The molecule has 84 valence electrons. The van der Waals surface area contributed by atoms with Gasteiger partial charge in [0.15, 0.2) is 0 Å². The average Bonchev–Trinajstić information content (AvgIpc) is 2.36. The molecule has 1 heterocycles. The molecule has 0 saturated heterocycles. The number of carbonyl (C=O) groups is 1. The average molecular weight is 215 g/mol. The molecule has 1 aliphatic rings. The number of carbonyl (C=O) groups excluding carboxylic acids is 1. The van der Waals surface area contributed by atoms with E-state index in [1.165, 1.54) is 11.1 Å². The highest BCUT2D eigenvalue weighted by Crippen LogP contribution is 2.20.